The average Bonchev–Trinajstić information content (AvgIpc) is 3.47. The number of ether oxygens (including phenoxy) is 2. The topological polar surface area (TPSA) is 134 Å². The highest BCUT2D eigenvalue weighted by Crippen LogP contribution is 2.23. The van der Waals surface area contributed by atoms with Crippen molar-refractivity contribution in [2.45, 2.75) is 46.2 Å². The van der Waals surface area contributed by atoms with E-state index in [1.54, 1.807) is 49.8 Å². The van der Waals surface area contributed by atoms with Gasteiger partial charge in [0.1, 0.15) is 11.6 Å². The van der Waals surface area contributed by atoms with E-state index in [0.717, 1.165) is 45.8 Å². The highest BCUT2D eigenvalue weighted by atomic mass is 16.5. The maximum absolute atomic E-state index is 12.0. The van der Waals surface area contributed by atoms with Crippen molar-refractivity contribution >= 4 is 41.6 Å². The molecule has 266 valence electrons. The molecule has 2 aromatic carbocycles. The molecule has 0 radical (unpaired) electrons. The van der Waals surface area contributed by atoms with Gasteiger partial charge in [0.15, 0.2) is 6.29 Å². The molecule has 0 atom stereocenters. The normalized spacial score (nSPS) is 14.0. The number of nitrogens with zero attached hydrogens (tertiary/aromatic N) is 4. The van der Waals surface area contributed by atoms with Crippen molar-refractivity contribution in [1.82, 2.24) is 30.1 Å². The predicted molar refractivity (Wildman–Crippen MR) is 201 cm³/mol. The summed E-state index contributed by atoms with van der Waals surface area (Å²) in [6.45, 7) is 13.8. The van der Waals surface area contributed by atoms with Crippen LogP contribution >= 0.6 is 0 Å². The molecular formula is C39H51N7O4. The highest BCUT2D eigenvalue weighted by Gasteiger charge is 2.14. The van der Waals surface area contributed by atoms with Crippen LogP contribution in [0.25, 0.3) is 23.1 Å². The highest BCUT2D eigenvalue weighted by molar-refractivity contribution is 6.04. The third-order valence-corrected chi connectivity index (χ3v) is 8.12. The molecule has 1 aliphatic rings. The summed E-state index contributed by atoms with van der Waals surface area (Å²) in [7, 11) is 5.96. The van der Waals surface area contributed by atoms with Crippen LogP contribution in [-0.2, 0) is 16.1 Å². The molecule has 3 heterocycles. The minimum Gasteiger partial charge on any atom is -0.424 e. The van der Waals surface area contributed by atoms with Gasteiger partial charge in [-0.25, -0.2) is 9.97 Å². The van der Waals surface area contributed by atoms with Crippen molar-refractivity contribution in [1.29, 1.82) is 5.41 Å². The summed E-state index contributed by atoms with van der Waals surface area (Å²) >= 11 is 0. The molecule has 0 spiro atoms. The molecule has 5 rings (SSSR count). The fourth-order valence-electron chi connectivity index (χ4n) is 5.55. The van der Waals surface area contributed by atoms with Gasteiger partial charge in [-0.3, -0.25) is 15.0 Å². The van der Waals surface area contributed by atoms with Crippen LogP contribution in [0.5, 0.6) is 11.8 Å². The van der Waals surface area contributed by atoms with Crippen LogP contribution in [-0.4, -0.2) is 84.9 Å². The van der Waals surface area contributed by atoms with Gasteiger partial charge in [-0.15, -0.1) is 0 Å². The first-order valence-electron chi connectivity index (χ1n) is 16.8. The number of amides is 1. The first kappa shape index (κ1) is 39.5. The minimum atomic E-state index is -0.0240. The number of carbonyl (C=O) groups excluding carboxylic acids is 2. The number of aromatic nitrogens is 3. The van der Waals surface area contributed by atoms with E-state index in [2.05, 4.69) is 60.0 Å². The van der Waals surface area contributed by atoms with Gasteiger partial charge in [0.05, 0.1) is 5.69 Å². The zero-order valence-corrected chi connectivity index (χ0v) is 30.1. The molecule has 0 unspecified atom stereocenters. The number of hydrogen-bond donors (Lipinski definition) is 3. The van der Waals surface area contributed by atoms with Crippen LogP contribution in [0.1, 0.15) is 55.2 Å². The molecule has 1 amide bonds. The number of benzene rings is 2. The molecule has 0 saturated carbocycles. The summed E-state index contributed by atoms with van der Waals surface area (Å²) in [5.41, 5.74) is 2.65. The zero-order chi connectivity index (χ0) is 36.5. The fraction of sp³-hybridized carbons (Fsp3) is 0.359. The van der Waals surface area contributed by atoms with Crippen molar-refractivity contribution in [3.05, 3.63) is 94.8 Å². The van der Waals surface area contributed by atoms with Gasteiger partial charge in [0.2, 0.25) is 6.41 Å². The average molecular weight is 682 g/mol. The molecule has 2 aromatic heterocycles. The maximum Gasteiger partial charge on any atom is 0.321 e. The Hall–Kier alpha value is -4.97. The van der Waals surface area contributed by atoms with Gasteiger partial charge in [0, 0.05) is 55.2 Å². The number of nitrogens with one attached hydrogen (secondary N) is 3. The second-order valence-corrected chi connectivity index (χ2v) is 12.3. The monoisotopic (exact) mass is 681 g/mol. The Bertz CT molecular complexity index is 1830. The lowest BCUT2D eigenvalue weighted by molar-refractivity contribution is -0.108. The zero-order valence-electron chi connectivity index (χ0n) is 30.1. The number of fused-ring (bicyclic) bond motifs is 1. The van der Waals surface area contributed by atoms with Gasteiger partial charge in [0.25, 0.3) is 0 Å². The lowest BCUT2D eigenvalue weighted by Gasteiger charge is -2.28. The van der Waals surface area contributed by atoms with Crippen molar-refractivity contribution in [3.63, 3.8) is 0 Å². The number of carbonyl (C=O) groups is 2. The van der Waals surface area contributed by atoms with Crippen LogP contribution in [0.15, 0.2) is 67.5 Å². The Balaban J connectivity index is 0.000000373. The van der Waals surface area contributed by atoms with Gasteiger partial charge >= 0.3 is 6.01 Å². The number of rotatable bonds is 11. The second kappa shape index (κ2) is 20.5. The number of allylic oxidation sites excluding steroid dienone is 1. The Morgan fingerprint density at radius 1 is 1.12 bits per heavy atom. The van der Waals surface area contributed by atoms with E-state index in [0.29, 0.717) is 35.9 Å². The van der Waals surface area contributed by atoms with Crippen LogP contribution in [0.4, 0.5) is 0 Å². The molecule has 50 heavy (non-hydrogen) atoms. The first-order chi connectivity index (χ1) is 24.2. The van der Waals surface area contributed by atoms with Crippen LogP contribution < -0.4 is 25.8 Å². The standard InChI is InChI=1S/C27H23N5O3.C7H16N2.C5H12O/c1-3-6-24-18(4-2)12-23(35-27-29-9-5-10-30-27)13-21(24)15-32-22(16-33)11-19-7-8-20(14-25(19)32)26(28)31-17-34;1-8-7-3-5-9(2)6-4-7;1-5(2)4-6-3/h3-14,16-17H,1,15H2,2H3,(H2,28,31,34);7-8H,3-6H2,1-2H3;5H,4H2,1-3H3/b18-4-,24-6+;;. The Kier molecular flexibility index (Phi) is 16.2. The molecule has 1 saturated heterocycles. The molecule has 11 heteroatoms. The second-order valence-electron chi connectivity index (χ2n) is 12.3. The summed E-state index contributed by atoms with van der Waals surface area (Å²) in [4.78, 5) is 33.4. The molecule has 3 N–H and O–H groups in total. The van der Waals surface area contributed by atoms with E-state index in [4.69, 9.17) is 14.9 Å². The van der Waals surface area contributed by atoms with E-state index in [9.17, 15) is 9.59 Å². The molecule has 0 bridgehead atoms. The van der Waals surface area contributed by atoms with Crippen molar-refractivity contribution in [3.8, 4) is 11.8 Å². The number of hydrogen-bond acceptors (Lipinski definition) is 9. The van der Waals surface area contributed by atoms with Crippen molar-refractivity contribution in [2.75, 3.05) is 40.9 Å². The molecule has 1 fully saturated rings. The summed E-state index contributed by atoms with van der Waals surface area (Å²) in [5.74, 6) is 1.21. The molecular weight excluding hydrogens is 630 g/mol. The summed E-state index contributed by atoms with van der Waals surface area (Å²) in [6, 6.07) is 13.6. The van der Waals surface area contributed by atoms with E-state index in [-0.39, 0.29) is 11.8 Å². The number of piperidine rings is 1. The summed E-state index contributed by atoms with van der Waals surface area (Å²) in [6.07, 6.45) is 12.7. The number of likely N-dealkylation sites (tertiary alicyclic amines) is 1. The lowest BCUT2D eigenvalue weighted by atomic mass is 10.1. The number of amidine groups is 1. The first-order valence-corrected chi connectivity index (χ1v) is 16.8. The maximum atomic E-state index is 12.0. The molecule has 11 nitrogen and oxygen atoms in total. The molecule has 4 aromatic rings. The summed E-state index contributed by atoms with van der Waals surface area (Å²) < 4.78 is 12.6. The van der Waals surface area contributed by atoms with Crippen LogP contribution in [0, 0.1) is 11.3 Å². The van der Waals surface area contributed by atoms with E-state index in [1.807, 2.05) is 41.8 Å². The van der Waals surface area contributed by atoms with Crippen molar-refractivity contribution < 1.29 is 19.1 Å². The fourth-order valence-corrected chi connectivity index (χ4v) is 5.55. The SMILES string of the molecule is C=C/C=c1/c(Cn2c(C=O)cc3ccc(C(=N)NC=O)cc32)cc(Oc2ncccn2)c/c1=C/C.CNC1CCN(C)CC1.COCC(C)C. The number of aldehydes is 1. The Labute approximate surface area is 295 Å². The minimum absolute atomic E-state index is 0.0240. The van der Waals surface area contributed by atoms with E-state index in [1.165, 1.54) is 25.9 Å². The smallest absolute Gasteiger partial charge is 0.321 e. The molecule has 1 aliphatic heterocycles. The predicted octanol–water partition coefficient (Wildman–Crippen LogP) is 4.51. The Morgan fingerprint density at radius 3 is 2.40 bits per heavy atom. The van der Waals surface area contributed by atoms with E-state index >= 15 is 0 Å². The van der Waals surface area contributed by atoms with Crippen molar-refractivity contribution in [2.24, 2.45) is 5.92 Å². The summed E-state index contributed by atoms with van der Waals surface area (Å²) in [5, 5.41) is 16.4. The van der Waals surface area contributed by atoms with E-state index < -0.39 is 0 Å². The van der Waals surface area contributed by atoms with Crippen LogP contribution in [0.2, 0.25) is 0 Å². The van der Waals surface area contributed by atoms with Gasteiger partial charge in [-0.1, -0.05) is 50.8 Å². The van der Waals surface area contributed by atoms with Gasteiger partial charge in [-0.05, 0) is 99.2 Å². The molecule has 0 aliphatic carbocycles. The third kappa shape index (κ3) is 11.6. The number of methoxy groups -OCH3 is 1. The van der Waals surface area contributed by atoms with Gasteiger partial charge in [-0.2, -0.15) is 0 Å². The lowest BCUT2D eigenvalue weighted by Crippen LogP contribution is -2.39. The van der Waals surface area contributed by atoms with Gasteiger partial charge < -0.3 is 29.6 Å². The quantitative estimate of drug-likeness (QED) is 0.120. The largest absolute Gasteiger partial charge is 0.424 e. The Morgan fingerprint density at radius 2 is 1.84 bits per heavy atom. The van der Waals surface area contributed by atoms with Crippen LogP contribution in [0.3, 0.4) is 0 Å². The third-order valence-electron chi connectivity index (χ3n) is 8.12.